The molecule has 4 nitrogen and oxygen atoms in total. The molecule has 2 amide bonds. The highest BCUT2D eigenvalue weighted by molar-refractivity contribution is 5.97. The van der Waals surface area contributed by atoms with E-state index in [0.29, 0.717) is 18.5 Å². The molecule has 2 N–H and O–H groups in total. The van der Waals surface area contributed by atoms with Gasteiger partial charge in [-0.05, 0) is 36.1 Å². The molecule has 0 radical (unpaired) electrons. The van der Waals surface area contributed by atoms with Crippen LogP contribution in [0.5, 0.6) is 0 Å². The minimum Gasteiger partial charge on any atom is -0.353 e. The first-order chi connectivity index (χ1) is 14.7. The largest absolute Gasteiger partial charge is 0.353 e. The maximum atomic E-state index is 13.1. The van der Waals surface area contributed by atoms with Crippen molar-refractivity contribution in [3.63, 3.8) is 0 Å². The van der Waals surface area contributed by atoms with Crippen LogP contribution in [-0.4, -0.2) is 24.4 Å². The summed E-state index contributed by atoms with van der Waals surface area (Å²) in [7, 11) is 0. The fourth-order valence-electron chi connectivity index (χ4n) is 3.78. The first-order valence-electron chi connectivity index (χ1n) is 10.4. The molecular weight excluding hydrogens is 372 g/mol. The van der Waals surface area contributed by atoms with Gasteiger partial charge in [0.25, 0.3) is 5.91 Å². The highest BCUT2D eigenvalue weighted by Gasteiger charge is 2.44. The molecule has 1 saturated carbocycles. The predicted octanol–water partition coefficient (Wildman–Crippen LogP) is 3.88. The van der Waals surface area contributed by atoms with Crippen LogP contribution < -0.4 is 10.6 Å². The van der Waals surface area contributed by atoms with E-state index >= 15 is 0 Å². The molecule has 0 bridgehead atoms. The van der Waals surface area contributed by atoms with Crippen LogP contribution in [0.1, 0.15) is 34.3 Å². The van der Waals surface area contributed by atoms with E-state index in [1.807, 2.05) is 66.7 Å². The molecule has 0 saturated heterocycles. The zero-order chi connectivity index (χ0) is 20.8. The minimum absolute atomic E-state index is 0.0255. The maximum absolute atomic E-state index is 13.1. The van der Waals surface area contributed by atoms with Gasteiger partial charge in [-0.1, -0.05) is 78.9 Å². The van der Waals surface area contributed by atoms with Crippen LogP contribution in [0.15, 0.2) is 91.0 Å². The van der Waals surface area contributed by atoms with Crippen molar-refractivity contribution >= 4 is 11.8 Å². The van der Waals surface area contributed by atoms with Gasteiger partial charge in [-0.25, -0.2) is 0 Å². The third kappa shape index (κ3) is 4.77. The Kier molecular flexibility index (Phi) is 5.94. The Morgan fingerprint density at radius 3 is 1.97 bits per heavy atom. The zero-order valence-electron chi connectivity index (χ0n) is 16.9. The molecule has 0 unspecified atom stereocenters. The molecule has 0 aromatic heterocycles. The van der Waals surface area contributed by atoms with E-state index in [4.69, 9.17) is 0 Å². The van der Waals surface area contributed by atoms with Crippen molar-refractivity contribution in [2.45, 2.75) is 30.7 Å². The first-order valence-corrected chi connectivity index (χ1v) is 10.4. The van der Waals surface area contributed by atoms with Crippen LogP contribution in [-0.2, 0) is 16.6 Å². The van der Waals surface area contributed by atoms with Crippen molar-refractivity contribution in [1.82, 2.24) is 10.6 Å². The minimum atomic E-state index is -0.633. The predicted molar refractivity (Wildman–Crippen MR) is 118 cm³/mol. The van der Waals surface area contributed by atoms with Gasteiger partial charge < -0.3 is 10.6 Å². The summed E-state index contributed by atoms with van der Waals surface area (Å²) in [6, 6.07) is 28.5. The summed E-state index contributed by atoms with van der Waals surface area (Å²) < 4.78 is 0. The molecule has 4 rings (SSSR count). The number of carbonyl (C=O) groups is 2. The smallest absolute Gasteiger partial charge is 0.251 e. The van der Waals surface area contributed by atoms with Crippen LogP contribution in [0, 0.1) is 0 Å². The molecule has 3 aromatic carbocycles. The summed E-state index contributed by atoms with van der Waals surface area (Å²) in [5.41, 5.74) is 2.84. The quantitative estimate of drug-likeness (QED) is 0.605. The molecule has 4 heteroatoms. The highest BCUT2D eigenvalue weighted by atomic mass is 16.2. The number of benzene rings is 3. The average molecular weight is 399 g/mol. The summed E-state index contributed by atoms with van der Waals surface area (Å²) in [6.07, 6.45) is 2.58. The third-order valence-corrected chi connectivity index (χ3v) is 5.78. The monoisotopic (exact) mass is 398 g/mol. The molecule has 1 aliphatic carbocycles. The first kappa shape index (κ1) is 19.9. The van der Waals surface area contributed by atoms with E-state index in [0.717, 1.165) is 18.4 Å². The molecule has 1 aliphatic rings. The van der Waals surface area contributed by atoms with Crippen molar-refractivity contribution in [3.05, 3.63) is 108 Å². The van der Waals surface area contributed by atoms with Crippen LogP contribution >= 0.6 is 0 Å². The van der Waals surface area contributed by atoms with E-state index in [9.17, 15) is 9.59 Å². The highest BCUT2D eigenvalue weighted by Crippen LogP contribution is 2.47. The van der Waals surface area contributed by atoms with E-state index < -0.39 is 6.04 Å². The van der Waals surface area contributed by atoms with Crippen LogP contribution in [0.2, 0.25) is 0 Å². The number of amides is 2. The fourth-order valence-corrected chi connectivity index (χ4v) is 3.78. The summed E-state index contributed by atoms with van der Waals surface area (Å²) >= 11 is 0. The summed E-state index contributed by atoms with van der Waals surface area (Å²) in [5.74, 6) is -0.388. The number of hydrogen-bond acceptors (Lipinski definition) is 2. The summed E-state index contributed by atoms with van der Waals surface area (Å²) in [6.45, 7) is 0.586. The third-order valence-electron chi connectivity index (χ3n) is 5.78. The van der Waals surface area contributed by atoms with Gasteiger partial charge in [0.1, 0.15) is 6.04 Å². The fraction of sp³-hybridized carbons (Fsp3) is 0.231. The molecule has 0 aliphatic heterocycles. The van der Waals surface area contributed by atoms with Gasteiger partial charge in [0.15, 0.2) is 0 Å². The number of carbonyl (C=O) groups excluding carboxylic acids is 2. The van der Waals surface area contributed by atoms with E-state index in [-0.39, 0.29) is 17.2 Å². The number of hydrogen-bond donors (Lipinski definition) is 2. The van der Waals surface area contributed by atoms with E-state index in [1.165, 1.54) is 5.56 Å². The van der Waals surface area contributed by atoms with Crippen molar-refractivity contribution in [2.24, 2.45) is 0 Å². The van der Waals surface area contributed by atoms with Gasteiger partial charge in [-0.2, -0.15) is 0 Å². The molecule has 3 aromatic rings. The Bertz CT molecular complexity index is 983. The lowest BCUT2D eigenvalue weighted by atomic mass is 9.95. The summed E-state index contributed by atoms with van der Waals surface area (Å²) in [5, 5.41) is 6.03. The van der Waals surface area contributed by atoms with E-state index in [2.05, 4.69) is 22.8 Å². The Morgan fingerprint density at radius 2 is 1.37 bits per heavy atom. The van der Waals surface area contributed by atoms with Gasteiger partial charge in [-0.15, -0.1) is 0 Å². The van der Waals surface area contributed by atoms with Crippen molar-refractivity contribution in [1.29, 1.82) is 0 Å². The number of rotatable bonds is 8. The summed E-state index contributed by atoms with van der Waals surface area (Å²) in [4.78, 5) is 25.8. The second kappa shape index (κ2) is 8.95. The van der Waals surface area contributed by atoms with Crippen molar-refractivity contribution in [2.75, 3.05) is 6.54 Å². The van der Waals surface area contributed by atoms with Crippen molar-refractivity contribution in [3.8, 4) is 0 Å². The lowest BCUT2D eigenvalue weighted by Crippen LogP contribution is -2.49. The second-order valence-electron chi connectivity index (χ2n) is 7.95. The van der Waals surface area contributed by atoms with Crippen LogP contribution in [0.4, 0.5) is 0 Å². The lowest BCUT2D eigenvalue weighted by molar-refractivity contribution is -0.123. The molecule has 1 atom stereocenters. The van der Waals surface area contributed by atoms with Gasteiger partial charge in [0.2, 0.25) is 5.91 Å². The molecule has 1 fully saturated rings. The lowest BCUT2D eigenvalue weighted by Gasteiger charge is -2.22. The maximum Gasteiger partial charge on any atom is 0.251 e. The SMILES string of the molecule is O=C(N[C@H](Cc1ccccc1)C(=O)NCC1(c2ccccc2)CC1)c1ccccc1. The molecule has 152 valence electrons. The van der Waals surface area contributed by atoms with Crippen LogP contribution in [0.3, 0.4) is 0 Å². The average Bonchev–Trinajstić information content (AvgIpc) is 3.60. The van der Waals surface area contributed by atoms with E-state index in [1.54, 1.807) is 12.1 Å². The van der Waals surface area contributed by atoms with Crippen LogP contribution in [0.25, 0.3) is 0 Å². The standard InChI is InChI=1S/C26H26N2O2/c29-24(21-12-6-2-7-13-21)28-23(18-20-10-4-1-5-11-20)25(30)27-19-26(16-17-26)22-14-8-3-9-15-22/h1-15,23H,16-19H2,(H,27,30)(H,28,29)/t23-/m1/s1. The van der Waals surface area contributed by atoms with Crippen molar-refractivity contribution < 1.29 is 9.59 Å². The Labute approximate surface area is 177 Å². The molecule has 30 heavy (non-hydrogen) atoms. The molecule has 0 heterocycles. The Balaban J connectivity index is 1.46. The Morgan fingerprint density at radius 1 is 0.800 bits per heavy atom. The molecular formula is C26H26N2O2. The topological polar surface area (TPSA) is 58.2 Å². The second-order valence-corrected chi connectivity index (χ2v) is 7.95. The van der Waals surface area contributed by atoms with Gasteiger partial charge in [-0.3, -0.25) is 9.59 Å². The van der Waals surface area contributed by atoms with Gasteiger partial charge >= 0.3 is 0 Å². The number of nitrogens with one attached hydrogen (secondary N) is 2. The Hall–Kier alpha value is -3.40. The van der Waals surface area contributed by atoms with Gasteiger partial charge in [0, 0.05) is 23.9 Å². The normalized spacial score (nSPS) is 15.1. The zero-order valence-corrected chi connectivity index (χ0v) is 16.9. The molecule has 0 spiro atoms. The van der Waals surface area contributed by atoms with Gasteiger partial charge in [0.05, 0.1) is 0 Å².